The lowest BCUT2D eigenvalue weighted by molar-refractivity contribution is 0.629. The molecule has 0 bridgehead atoms. The molecule has 4 atom stereocenters. The first-order valence-electron chi connectivity index (χ1n) is 3.71. The molecule has 1 aliphatic carbocycles. The fraction of sp³-hybridized carbons (Fsp3) is 0.857. The summed E-state index contributed by atoms with van der Waals surface area (Å²) in [4.78, 5) is 4.30. The molecule has 2 aliphatic rings. The van der Waals surface area contributed by atoms with Gasteiger partial charge in [0, 0.05) is 11.3 Å². The molecular formula is C7H12N2S. The minimum atomic E-state index is 0.474. The number of rotatable bonds is 1. The summed E-state index contributed by atoms with van der Waals surface area (Å²) in [5, 5.41) is 0.690. The first-order valence-corrected chi connectivity index (χ1v) is 4.66. The van der Waals surface area contributed by atoms with E-state index < -0.39 is 0 Å². The van der Waals surface area contributed by atoms with Crippen molar-refractivity contribution >= 4 is 17.3 Å². The highest BCUT2D eigenvalue weighted by atomic mass is 32.2. The van der Waals surface area contributed by atoms with Gasteiger partial charge in [-0.3, -0.25) is 4.99 Å². The molecule has 0 aromatic heterocycles. The van der Waals surface area contributed by atoms with Gasteiger partial charge >= 0.3 is 0 Å². The van der Waals surface area contributed by atoms with E-state index >= 15 is 0 Å². The van der Waals surface area contributed by atoms with Crippen LogP contribution in [0.2, 0.25) is 0 Å². The molecule has 1 heterocycles. The molecule has 0 saturated heterocycles. The highest BCUT2D eigenvalue weighted by Gasteiger charge is 2.43. The molecule has 3 heteroatoms. The smallest absolute Gasteiger partial charge is 0.0603 e. The number of aliphatic imine (C=N–C) groups is 1. The molecule has 2 unspecified atom stereocenters. The van der Waals surface area contributed by atoms with Gasteiger partial charge in [0.2, 0.25) is 0 Å². The van der Waals surface area contributed by atoms with Gasteiger partial charge in [0.25, 0.3) is 0 Å². The zero-order valence-corrected chi connectivity index (χ0v) is 6.84. The van der Waals surface area contributed by atoms with Crippen LogP contribution in [-0.2, 0) is 0 Å². The van der Waals surface area contributed by atoms with Gasteiger partial charge in [-0.2, -0.15) is 0 Å². The minimum absolute atomic E-state index is 0.474. The average Bonchev–Trinajstić information content (AvgIpc) is 2.42. The van der Waals surface area contributed by atoms with Gasteiger partial charge in [0.05, 0.1) is 11.6 Å². The second-order valence-corrected chi connectivity index (χ2v) is 4.19. The summed E-state index contributed by atoms with van der Waals surface area (Å²) < 4.78 is 0. The topological polar surface area (TPSA) is 38.4 Å². The van der Waals surface area contributed by atoms with E-state index in [1.165, 1.54) is 6.42 Å². The third-order valence-electron chi connectivity index (χ3n) is 2.30. The fourth-order valence-corrected chi connectivity index (χ4v) is 2.69. The van der Waals surface area contributed by atoms with Crippen molar-refractivity contribution in [2.24, 2.45) is 16.6 Å². The Bertz CT molecular complexity index is 169. The van der Waals surface area contributed by atoms with Gasteiger partial charge in [-0.1, -0.05) is 0 Å². The Morgan fingerprint density at radius 3 is 2.80 bits per heavy atom. The number of nitrogens with two attached hydrogens (primary N) is 1. The van der Waals surface area contributed by atoms with Gasteiger partial charge in [0.1, 0.15) is 0 Å². The van der Waals surface area contributed by atoms with E-state index in [2.05, 4.69) is 11.9 Å². The monoisotopic (exact) mass is 156 g/mol. The van der Waals surface area contributed by atoms with Crippen LogP contribution in [0.4, 0.5) is 0 Å². The molecular weight excluding hydrogens is 144 g/mol. The summed E-state index contributed by atoms with van der Waals surface area (Å²) >= 11 is 1.85. The van der Waals surface area contributed by atoms with Gasteiger partial charge in [-0.25, -0.2) is 0 Å². The Hall–Kier alpha value is -0.0200. The summed E-state index contributed by atoms with van der Waals surface area (Å²) in [6.45, 7) is 2.17. The van der Waals surface area contributed by atoms with Crippen LogP contribution in [-0.4, -0.2) is 22.9 Å². The maximum absolute atomic E-state index is 5.74. The molecule has 0 spiro atoms. The van der Waals surface area contributed by atoms with E-state index in [-0.39, 0.29) is 0 Å². The van der Waals surface area contributed by atoms with Crippen molar-refractivity contribution in [1.82, 2.24) is 0 Å². The maximum Gasteiger partial charge on any atom is 0.0603 e. The Balaban J connectivity index is 1.95. The molecule has 1 saturated carbocycles. The Labute approximate surface area is 65.3 Å². The third-order valence-corrected chi connectivity index (χ3v) is 3.60. The predicted octanol–water partition coefficient (Wildman–Crippen LogP) is 0.866. The van der Waals surface area contributed by atoms with Crippen LogP contribution in [0, 0.1) is 5.92 Å². The molecule has 10 heavy (non-hydrogen) atoms. The Morgan fingerprint density at radius 1 is 1.70 bits per heavy atom. The van der Waals surface area contributed by atoms with Crippen molar-refractivity contribution in [3.05, 3.63) is 0 Å². The van der Waals surface area contributed by atoms with Crippen molar-refractivity contribution in [3.8, 4) is 0 Å². The molecule has 1 aliphatic heterocycles. The van der Waals surface area contributed by atoms with Crippen molar-refractivity contribution in [2.75, 3.05) is 0 Å². The summed E-state index contributed by atoms with van der Waals surface area (Å²) in [7, 11) is 0. The molecule has 0 amide bonds. The molecule has 0 radical (unpaired) electrons. The number of hydrogen-bond donors (Lipinski definition) is 1. The second-order valence-electron chi connectivity index (χ2n) is 3.16. The quantitative estimate of drug-likeness (QED) is 0.611. The lowest BCUT2D eigenvalue weighted by Gasteiger charge is -2.10. The molecule has 2 rings (SSSR count). The molecule has 0 aromatic rings. The summed E-state index contributed by atoms with van der Waals surface area (Å²) in [5.41, 5.74) is 7.71. The molecule has 2 nitrogen and oxygen atoms in total. The molecule has 2 N–H and O–H groups in total. The van der Waals surface area contributed by atoms with Crippen molar-refractivity contribution in [2.45, 2.75) is 30.7 Å². The normalized spacial score (nSPS) is 51.8. The molecule has 56 valence electrons. The number of thioether (sulfide) groups is 1. The molecule has 1 fully saturated rings. The van der Waals surface area contributed by atoms with Crippen molar-refractivity contribution < 1.29 is 0 Å². The van der Waals surface area contributed by atoms with Crippen LogP contribution in [0.3, 0.4) is 0 Å². The van der Waals surface area contributed by atoms with E-state index in [1.54, 1.807) is 0 Å². The standard InChI is InChI=1S/C7H12N2S/c1-4-7(10-3-9-4)5-2-6(5)8/h3-7H,2,8H2,1H3/t4?,5-,6-,7?/m0/s1. The zero-order valence-electron chi connectivity index (χ0n) is 6.03. The third kappa shape index (κ3) is 0.974. The number of nitrogens with zero attached hydrogens (tertiary/aromatic N) is 1. The Kier molecular flexibility index (Phi) is 1.49. The van der Waals surface area contributed by atoms with Crippen LogP contribution < -0.4 is 5.73 Å². The first kappa shape index (κ1) is 6.68. The summed E-state index contributed by atoms with van der Waals surface area (Å²) in [6.07, 6.45) is 1.21. The lowest BCUT2D eigenvalue weighted by Crippen LogP contribution is -2.20. The number of hydrogen-bond acceptors (Lipinski definition) is 3. The van der Waals surface area contributed by atoms with E-state index in [4.69, 9.17) is 5.73 Å². The predicted molar refractivity (Wildman–Crippen MR) is 45.4 cm³/mol. The summed E-state index contributed by atoms with van der Waals surface area (Å²) in [5.74, 6) is 0.752. The van der Waals surface area contributed by atoms with Crippen LogP contribution in [0.25, 0.3) is 0 Å². The first-order chi connectivity index (χ1) is 4.79. The SMILES string of the molecule is CC1N=CSC1[C@H]1C[C@@H]1N. The lowest BCUT2D eigenvalue weighted by atomic mass is 10.1. The van der Waals surface area contributed by atoms with Crippen LogP contribution >= 0.6 is 11.8 Å². The zero-order chi connectivity index (χ0) is 7.14. The average molecular weight is 156 g/mol. The van der Waals surface area contributed by atoms with E-state index in [9.17, 15) is 0 Å². The van der Waals surface area contributed by atoms with Crippen molar-refractivity contribution in [3.63, 3.8) is 0 Å². The van der Waals surface area contributed by atoms with E-state index in [1.807, 2.05) is 17.3 Å². The highest BCUT2D eigenvalue weighted by Crippen LogP contribution is 2.41. The van der Waals surface area contributed by atoms with Gasteiger partial charge in [0.15, 0.2) is 0 Å². The highest BCUT2D eigenvalue weighted by molar-refractivity contribution is 8.13. The van der Waals surface area contributed by atoms with E-state index in [0.717, 1.165) is 5.92 Å². The fourth-order valence-electron chi connectivity index (χ4n) is 1.47. The van der Waals surface area contributed by atoms with Crippen LogP contribution in [0.15, 0.2) is 4.99 Å². The second kappa shape index (κ2) is 2.24. The summed E-state index contributed by atoms with van der Waals surface area (Å²) in [6, 6.07) is 0.977. The van der Waals surface area contributed by atoms with Gasteiger partial charge in [-0.05, 0) is 19.3 Å². The van der Waals surface area contributed by atoms with Crippen LogP contribution in [0.1, 0.15) is 13.3 Å². The largest absolute Gasteiger partial charge is 0.327 e. The maximum atomic E-state index is 5.74. The van der Waals surface area contributed by atoms with Crippen molar-refractivity contribution in [1.29, 1.82) is 0 Å². The van der Waals surface area contributed by atoms with Crippen LogP contribution in [0.5, 0.6) is 0 Å². The molecule has 0 aromatic carbocycles. The Morgan fingerprint density at radius 2 is 2.40 bits per heavy atom. The van der Waals surface area contributed by atoms with Gasteiger partial charge < -0.3 is 5.73 Å². The van der Waals surface area contributed by atoms with Gasteiger partial charge in [-0.15, -0.1) is 11.8 Å². The van der Waals surface area contributed by atoms with E-state index in [0.29, 0.717) is 17.3 Å². The minimum Gasteiger partial charge on any atom is -0.327 e.